The van der Waals surface area contributed by atoms with Crippen molar-refractivity contribution < 1.29 is 9.53 Å². The summed E-state index contributed by atoms with van der Waals surface area (Å²) in [7, 11) is 3.37. The van der Waals surface area contributed by atoms with E-state index in [1.165, 1.54) is 4.90 Å². The number of ether oxygens (including phenoxy) is 1. The van der Waals surface area contributed by atoms with Gasteiger partial charge in [0, 0.05) is 20.6 Å². The normalized spacial score (nSPS) is 23.3. The van der Waals surface area contributed by atoms with Crippen LogP contribution in [0.4, 0.5) is 4.79 Å². The van der Waals surface area contributed by atoms with E-state index in [-0.39, 0.29) is 12.2 Å². The van der Waals surface area contributed by atoms with E-state index < -0.39 is 0 Å². The van der Waals surface area contributed by atoms with E-state index in [4.69, 9.17) is 4.74 Å². The Balaban J connectivity index is 2.24. The van der Waals surface area contributed by atoms with Crippen LogP contribution in [0.3, 0.4) is 0 Å². The molecular weight excluding hydrogens is 144 g/mol. The third kappa shape index (κ3) is 2.38. The van der Waals surface area contributed by atoms with Crippen LogP contribution in [0.5, 0.6) is 0 Å². The molecule has 0 saturated carbocycles. The van der Waals surface area contributed by atoms with Gasteiger partial charge in [0.25, 0.3) is 0 Å². The van der Waals surface area contributed by atoms with Gasteiger partial charge in [0.15, 0.2) is 0 Å². The molecule has 4 nitrogen and oxygen atoms in total. The SMILES string of the molecule is CN(C)C(=O)O[C@@H]1CCNC1. The molecule has 1 saturated heterocycles. The molecule has 0 aromatic carbocycles. The van der Waals surface area contributed by atoms with E-state index >= 15 is 0 Å². The van der Waals surface area contributed by atoms with E-state index in [0.717, 1.165) is 19.5 Å². The number of amides is 1. The second-order valence-electron chi connectivity index (χ2n) is 2.89. The summed E-state index contributed by atoms with van der Waals surface area (Å²) in [4.78, 5) is 12.4. The Morgan fingerprint density at radius 1 is 1.64 bits per heavy atom. The summed E-state index contributed by atoms with van der Waals surface area (Å²) in [5, 5.41) is 3.12. The first-order valence-electron chi connectivity index (χ1n) is 3.79. The topological polar surface area (TPSA) is 41.6 Å². The molecule has 1 amide bonds. The fraction of sp³-hybridized carbons (Fsp3) is 0.857. The summed E-state index contributed by atoms with van der Waals surface area (Å²) in [5.41, 5.74) is 0. The molecule has 1 N–H and O–H groups in total. The summed E-state index contributed by atoms with van der Waals surface area (Å²) in [5.74, 6) is 0. The van der Waals surface area contributed by atoms with Crippen molar-refractivity contribution in [3.8, 4) is 0 Å². The van der Waals surface area contributed by atoms with Crippen LogP contribution in [-0.4, -0.2) is 44.3 Å². The van der Waals surface area contributed by atoms with Gasteiger partial charge in [-0.25, -0.2) is 4.79 Å². The van der Waals surface area contributed by atoms with Gasteiger partial charge in [0.05, 0.1) is 0 Å². The van der Waals surface area contributed by atoms with E-state index in [1.807, 2.05) is 0 Å². The maximum absolute atomic E-state index is 11.0. The molecule has 0 radical (unpaired) electrons. The van der Waals surface area contributed by atoms with Gasteiger partial charge in [-0.1, -0.05) is 0 Å². The molecule has 4 heteroatoms. The van der Waals surface area contributed by atoms with E-state index in [2.05, 4.69) is 5.32 Å². The lowest BCUT2D eigenvalue weighted by molar-refractivity contribution is 0.0832. The van der Waals surface area contributed by atoms with Crippen LogP contribution in [-0.2, 0) is 4.74 Å². The Kier molecular flexibility index (Phi) is 2.70. The highest BCUT2D eigenvalue weighted by atomic mass is 16.6. The molecule has 1 aliphatic heterocycles. The summed E-state index contributed by atoms with van der Waals surface area (Å²) in [6, 6.07) is 0. The smallest absolute Gasteiger partial charge is 0.409 e. The van der Waals surface area contributed by atoms with E-state index in [0.29, 0.717) is 0 Å². The molecular formula is C7H14N2O2. The van der Waals surface area contributed by atoms with Crippen LogP contribution in [0.15, 0.2) is 0 Å². The molecule has 0 aromatic rings. The third-order valence-electron chi connectivity index (χ3n) is 1.65. The van der Waals surface area contributed by atoms with Crippen LogP contribution in [0.1, 0.15) is 6.42 Å². The summed E-state index contributed by atoms with van der Waals surface area (Å²) >= 11 is 0. The Bertz CT molecular complexity index is 141. The molecule has 0 aliphatic carbocycles. The standard InChI is InChI=1S/C7H14N2O2/c1-9(2)7(10)11-6-3-4-8-5-6/h6,8H,3-5H2,1-2H3/t6-/m1/s1. The van der Waals surface area contributed by atoms with E-state index in [9.17, 15) is 4.79 Å². The maximum atomic E-state index is 11.0. The van der Waals surface area contributed by atoms with Crippen molar-refractivity contribution in [1.29, 1.82) is 0 Å². The first-order chi connectivity index (χ1) is 5.20. The second kappa shape index (κ2) is 3.57. The Morgan fingerprint density at radius 3 is 2.82 bits per heavy atom. The fourth-order valence-electron chi connectivity index (χ4n) is 0.977. The van der Waals surface area contributed by atoms with Gasteiger partial charge in [0.1, 0.15) is 6.10 Å². The van der Waals surface area contributed by atoms with Gasteiger partial charge >= 0.3 is 6.09 Å². The van der Waals surface area contributed by atoms with Gasteiger partial charge in [-0.3, -0.25) is 0 Å². The van der Waals surface area contributed by atoms with Crippen molar-refractivity contribution in [2.75, 3.05) is 27.2 Å². The number of nitrogens with one attached hydrogen (secondary N) is 1. The van der Waals surface area contributed by atoms with Crippen LogP contribution in [0, 0.1) is 0 Å². The molecule has 64 valence electrons. The number of carbonyl (C=O) groups is 1. The second-order valence-corrected chi connectivity index (χ2v) is 2.89. The van der Waals surface area contributed by atoms with Gasteiger partial charge in [0.2, 0.25) is 0 Å². The number of hydrogen-bond donors (Lipinski definition) is 1. The summed E-state index contributed by atoms with van der Waals surface area (Å²) in [6.45, 7) is 1.74. The summed E-state index contributed by atoms with van der Waals surface area (Å²) < 4.78 is 5.10. The van der Waals surface area contributed by atoms with Crippen molar-refractivity contribution in [3.63, 3.8) is 0 Å². The van der Waals surface area contributed by atoms with Crippen LogP contribution >= 0.6 is 0 Å². The van der Waals surface area contributed by atoms with Gasteiger partial charge in [-0.2, -0.15) is 0 Å². The highest BCUT2D eigenvalue weighted by Gasteiger charge is 2.19. The van der Waals surface area contributed by atoms with Crippen molar-refractivity contribution in [1.82, 2.24) is 10.2 Å². The largest absolute Gasteiger partial charge is 0.445 e. The van der Waals surface area contributed by atoms with Gasteiger partial charge in [-0.15, -0.1) is 0 Å². The number of hydrogen-bond acceptors (Lipinski definition) is 3. The van der Waals surface area contributed by atoms with Crippen LogP contribution in [0.2, 0.25) is 0 Å². The molecule has 0 aromatic heterocycles. The Labute approximate surface area is 66.5 Å². The molecule has 1 aliphatic rings. The van der Waals surface area contributed by atoms with E-state index in [1.54, 1.807) is 14.1 Å². The lowest BCUT2D eigenvalue weighted by atomic mass is 10.3. The minimum Gasteiger partial charge on any atom is -0.445 e. The summed E-state index contributed by atoms with van der Waals surface area (Å²) in [6.07, 6.45) is 0.753. The average molecular weight is 158 g/mol. The predicted molar refractivity (Wildman–Crippen MR) is 41.4 cm³/mol. The number of nitrogens with zero attached hydrogens (tertiary/aromatic N) is 1. The minimum atomic E-state index is -0.251. The number of rotatable bonds is 1. The van der Waals surface area contributed by atoms with Gasteiger partial charge < -0.3 is 15.0 Å². The van der Waals surface area contributed by atoms with Crippen molar-refractivity contribution >= 4 is 6.09 Å². The first kappa shape index (κ1) is 8.33. The molecule has 0 spiro atoms. The maximum Gasteiger partial charge on any atom is 0.409 e. The zero-order valence-corrected chi connectivity index (χ0v) is 6.96. The Morgan fingerprint density at radius 2 is 2.36 bits per heavy atom. The zero-order valence-electron chi connectivity index (χ0n) is 6.96. The molecule has 1 atom stereocenters. The fourth-order valence-corrected chi connectivity index (χ4v) is 0.977. The highest BCUT2D eigenvalue weighted by Crippen LogP contribution is 2.04. The zero-order chi connectivity index (χ0) is 8.27. The van der Waals surface area contributed by atoms with Crippen LogP contribution < -0.4 is 5.32 Å². The molecule has 11 heavy (non-hydrogen) atoms. The molecule has 1 heterocycles. The monoisotopic (exact) mass is 158 g/mol. The van der Waals surface area contributed by atoms with Gasteiger partial charge in [-0.05, 0) is 13.0 Å². The lowest BCUT2D eigenvalue weighted by Gasteiger charge is -2.14. The quantitative estimate of drug-likeness (QED) is 0.586. The van der Waals surface area contributed by atoms with Crippen molar-refractivity contribution in [3.05, 3.63) is 0 Å². The van der Waals surface area contributed by atoms with Crippen molar-refractivity contribution in [2.45, 2.75) is 12.5 Å². The molecule has 0 bridgehead atoms. The predicted octanol–water partition coefficient (Wildman–Crippen LogP) is 0.0465. The van der Waals surface area contributed by atoms with Crippen molar-refractivity contribution in [2.24, 2.45) is 0 Å². The third-order valence-corrected chi connectivity index (χ3v) is 1.65. The molecule has 1 fully saturated rings. The number of carbonyl (C=O) groups excluding carboxylic acids is 1. The average Bonchev–Trinajstić information content (AvgIpc) is 2.39. The lowest BCUT2D eigenvalue weighted by Crippen LogP contribution is -2.29. The Hall–Kier alpha value is -0.770. The van der Waals surface area contributed by atoms with Crippen LogP contribution in [0.25, 0.3) is 0 Å². The minimum absolute atomic E-state index is 0.0740. The molecule has 0 unspecified atom stereocenters. The molecule has 1 rings (SSSR count). The first-order valence-corrected chi connectivity index (χ1v) is 3.79. The highest BCUT2D eigenvalue weighted by molar-refractivity contribution is 5.67.